The summed E-state index contributed by atoms with van der Waals surface area (Å²) in [5.74, 6) is 0.0345. The summed E-state index contributed by atoms with van der Waals surface area (Å²) in [5.41, 5.74) is 0. The highest BCUT2D eigenvalue weighted by atomic mass is 16.5. The van der Waals surface area contributed by atoms with Crippen LogP contribution in [0.3, 0.4) is 0 Å². The Balaban J connectivity index is 2.50. The minimum absolute atomic E-state index is 0.254. The number of hydrogen-bond donors (Lipinski definition) is 0. The van der Waals surface area contributed by atoms with Gasteiger partial charge in [0.05, 0.1) is 0 Å². The molecule has 0 aromatic carbocycles. The summed E-state index contributed by atoms with van der Waals surface area (Å²) < 4.78 is 4.70. The lowest BCUT2D eigenvalue weighted by atomic mass is 9.98. The SMILES string of the molecule is C[C@H]1CC(=O)OC(C=O)C1. The Morgan fingerprint density at radius 1 is 1.70 bits per heavy atom. The summed E-state index contributed by atoms with van der Waals surface area (Å²) >= 11 is 0. The first-order chi connectivity index (χ1) is 4.72. The third-order valence-electron chi connectivity index (χ3n) is 1.58. The molecule has 1 heterocycles. The van der Waals surface area contributed by atoms with Crippen molar-refractivity contribution in [2.24, 2.45) is 5.92 Å². The molecule has 0 amide bonds. The molecule has 0 spiro atoms. The van der Waals surface area contributed by atoms with Crippen LogP contribution in [-0.2, 0) is 14.3 Å². The molecule has 56 valence electrons. The van der Waals surface area contributed by atoms with Crippen molar-refractivity contribution in [1.29, 1.82) is 0 Å². The summed E-state index contributed by atoms with van der Waals surface area (Å²) in [4.78, 5) is 20.8. The monoisotopic (exact) mass is 142 g/mol. The molecule has 0 aromatic rings. The molecule has 0 bridgehead atoms. The Morgan fingerprint density at radius 3 is 2.90 bits per heavy atom. The van der Waals surface area contributed by atoms with E-state index in [1.807, 2.05) is 6.92 Å². The third-order valence-corrected chi connectivity index (χ3v) is 1.58. The fraction of sp³-hybridized carbons (Fsp3) is 0.714. The molecule has 1 aliphatic rings. The highest BCUT2D eigenvalue weighted by Gasteiger charge is 2.24. The Morgan fingerprint density at radius 2 is 2.40 bits per heavy atom. The average molecular weight is 142 g/mol. The van der Waals surface area contributed by atoms with Gasteiger partial charge in [-0.3, -0.25) is 9.59 Å². The van der Waals surface area contributed by atoms with Crippen LogP contribution in [0.1, 0.15) is 19.8 Å². The molecule has 0 aliphatic carbocycles. The largest absolute Gasteiger partial charge is 0.455 e. The van der Waals surface area contributed by atoms with Crippen LogP contribution < -0.4 is 0 Å². The number of ether oxygens (including phenoxy) is 1. The lowest BCUT2D eigenvalue weighted by Gasteiger charge is -2.22. The van der Waals surface area contributed by atoms with Crippen molar-refractivity contribution in [3.05, 3.63) is 0 Å². The van der Waals surface area contributed by atoms with Gasteiger partial charge in [-0.1, -0.05) is 6.92 Å². The van der Waals surface area contributed by atoms with Crippen molar-refractivity contribution >= 4 is 12.3 Å². The molecule has 0 N–H and O–H groups in total. The predicted molar refractivity (Wildman–Crippen MR) is 34.3 cm³/mol. The molecule has 3 heteroatoms. The van der Waals surface area contributed by atoms with Crippen LogP contribution in [-0.4, -0.2) is 18.4 Å². The van der Waals surface area contributed by atoms with Gasteiger partial charge in [0.15, 0.2) is 12.4 Å². The molecular weight excluding hydrogens is 132 g/mol. The smallest absolute Gasteiger partial charge is 0.306 e. The number of rotatable bonds is 1. The second-order valence-corrected chi connectivity index (χ2v) is 2.71. The first-order valence-corrected chi connectivity index (χ1v) is 3.37. The quantitative estimate of drug-likeness (QED) is 0.396. The van der Waals surface area contributed by atoms with Crippen LogP contribution in [0.2, 0.25) is 0 Å². The van der Waals surface area contributed by atoms with Crippen LogP contribution in [0, 0.1) is 5.92 Å². The molecule has 10 heavy (non-hydrogen) atoms. The van der Waals surface area contributed by atoms with Crippen molar-refractivity contribution in [1.82, 2.24) is 0 Å². The molecule has 3 nitrogen and oxygen atoms in total. The molecule has 1 aliphatic heterocycles. The lowest BCUT2D eigenvalue weighted by molar-refractivity contribution is -0.158. The Hall–Kier alpha value is -0.860. The molecule has 1 fully saturated rings. The van der Waals surface area contributed by atoms with E-state index in [2.05, 4.69) is 0 Å². The van der Waals surface area contributed by atoms with E-state index in [-0.39, 0.29) is 11.9 Å². The van der Waals surface area contributed by atoms with Gasteiger partial charge >= 0.3 is 5.97 Å². The zero-order chi connectivity index (χ0) is 7.56. The van der Waals surface area contributed by atoms with Crippen molar-refractivity contribution in [2.45, 2.75) is 25.9 Å². The molecule has 1 saturated heterocycles. The number of hydrogen-bond acceptors (Lipinski definition) is 3. The van der Waals surface area contributed by atoms with Crippen LogP contribution in [0.25, 0.3) is 0 Å². The van der Waals surface area contributed by atoms with Gasteiger partial charge in [-0.05, 0) is 12.3 Å². The van der Waals surface area contributed by atoms with Crippen LogP contribution in [0.5, 0.6) is 0 Å². The summed E-state index contributed by atoms with van der Waals surface area (Å²) in [6.45, 7) is 1.94. The van der Waals surface area contributed by atoms with Crippen LogP contribution >= 0.6 is 0 Å². The first kappa shape index (κ1) is 7.25. The second kappa shape index (κ2) is 2.82. The van der Waals surface area contributed by atoms with E-state index in [0.29, 0.717) is 19.1 Å². The maximum absolute atomic E-state index is 10.7. The minimum Gasteiger partial charge on any atom is -0.455 e. The van der Waals surface area contributed by atoms with Crippen LogP contribution in [0.4, 0.5) is 0 Å². The highest BCUT2D eigenvalue weighted by Crippen LogP contribution is 2.18. The van der Waals surface area contributed by atoms with Crippen molar-refractivity contribution < 1.29 is 14.3 Å². The zero-order valence-corrected chi connectivity index (χ0v) is 5.87. The van der Waals surface area contributed by atoms with E-state index in [1.165, 1.54) is 0 Å². The fourth-order valence-electron chi connectivity index (χ4n) is 1.11. The van der Waals surface area contributed by atoms with Gasteiger partial charge in [-0.15, -0.1) is 0 Å². The summed E-state index contributed by atoms with van der Waals surface area (Å²) in [5, 5.41) is 0. The van der Waals surface area contributed by atoms with E-state index in [1.54, 1.807) is 0 Å². The van der Waals surface area contributed by atoms with Gasteiger partial charge < -0.3 is 4.74 Å². The molecule has 0 saturated carbocycles. The van der Waals surface area contributed by atoms with Crippen molar-refractivity contribution in [3.8, 4) is 0 Å². The Bertz CT molecular complexity index is 153. The number of aldehydes is 1. The summed E-state index contributed by atoms with van der Waals surface area (Å²) in [7, 11) is 0. The van der Waals surface area contributed by atoms with Gasteiger partial charge in [0.25, 0.3) is 0 Å². The molecule has 1 rings (SSSR count). The van der Waals surface area contributed by atoms with Crippen LogP contribution in [0.15, 0.2) is 0 Å². The number of esters is 1. The van der Waals surface area contributed by atoms with E-state index in [4.69, 9.17) is 4.74 Å². The number of cyclic esters (lactones) is 1. The normalized spacial score (nSPS) is 33.1. The lowest BCUT2D eigenvalue weighted by Crippen LogP contribution is -2.29. The summed E-state index contributed by atoms with van der Waals surface area (Å²) in [6, 6.07) is 0. The van der Waals surface area contributed by atoms with Gasteiger partial charge in [-0.25, -0.2) is 0 Å². The summed E-state index contributed by atoms with van der Waals surface area (Å²) in [6.07, 6.45) is 1.32. The topological polar surface area (TPSA) is 43.4 Å². The standard InChI is InChI=1S/C7H10O3/c1-5-2-6(4-8)10-7(9)3-5/h4-6H,2-3H2,1H3/t5-,6?/m1/s1. The number of carbonyl (C=O) groups excluding carboxylic acids is 2. The van der Waals surface area contributed by atoms with E-state index >= 15 is 0 Å². The fourth-order valence-corrected chi connectivity index (χ4v) is 1.11. The molecule has 0 aromatic heterocycles. The molecule has 0 radical (unpaired) electrons. The predicted octanol–water partition coefficient (Wildman–Crippen LogP) is 0.527. The Kier molecular flexibility index (Phi) is 2.04. The second-order valence-electron chi connectivity index (χ2n) is 2.71. The average Bonchev–Trinajstić information content (AvgIpc) is 1.85. The van der Waals surface area contributed by atoms with Crippen molar-refractivity contribution in [2.75, 3.05) is 0 Å². The Labute approximate surface area is 59.4 Å². The zero-order valence-electron chi connectivity index (χ0n) is 5.87. The van der Waals surface area contributed by atoms with E-state index < -0.39 is 6.10 Å². The van der Waals surface area contributed by atoms with Gasteiger partial charge in [0, 0.05) is 6.42 Å². The maximum Gasteiger partial charge on any atom is 0.306 e. The molecule has 2 atom stereocenters. The molecule has 1 unspecified atom stereocenters. The molecular formula is C7H10O3. The van der Waals surface area contributed by atoms with Gasteiger partial charge in [0.2, 0.25) is 0 Å². The van der Waals surface area contributed by atoms with Crippen molar-refractivity contribution in [3.63, 3.8) is 0 Å². The highest BCUT2D eigenvalue weighted by molar-refractivity contribution is 5.74. The van der Waals surface area contributed by atoms with Gasteiger partial charge in [0.1, 0.15) is 0 Å². The first-order valence-electron chi connectivity index (χ1n) is 3.37. The number of carbonyl (C=O) groups is 2. The minimum atomic E-state index is -0.490. The van der Waals surface area contributed by atoms with E-state index in [0.717, 1.165) is 0 Å². The third kappa shape index (κ3) is 1.56. The maximum atomic E-state index is 10.7. The van der Waals surface area contributed by atoms with Gasteiger partial charge in [-0.2, -0.15) is 0 Å². The van der Waals surface area contributed by atoms with E-state index in [9.17, 15) is 9.59 Å².